The largest absolute Gasteiger partial charge is 0.411 e. The lowest BCUT2D eigenvalue weighted by molar-refractivity contribution is -0.174. The number of nitrogen functional groups attached to an aromatic ring is 1. The number of ether oxygens (including phenoxy) is 1. The molecule has 0 fully saturated rings. The minimum atomic E-state index is -4.28. The van der Waals surface area contributed by atoms with Crippen LogP contribution in [0.2, 0.25) is 0 Å². The van der Waals surface area contributed by atoms with Gasteiger partial charge in [-0.25, -0.2) is 4.98 Å². The van der Waals surface area contributed by atoms with E-state index in [1.165, 1.54) is 6.33 Å². The molecule has 2 N–H and O–H groups in total. The monoisotopic (exact) mass is 300 g/mol. The third kappa shape index (κ3) is 5.07. The van der Waals surface area contributed by atoms with Crippen LogP contribution in [0.1, 0.15) is 6.42 Å². The summed E-state index contributed by atoms with van der Waals surface area (Å²) in [6.45, 7) is -0.765. The van der Waals surface area contributed by atoms with Crippen molar-refractivity contribution in [3.63, 3.8) is 0 Å². The third-order valence-electron chi connectivity index (χ3n) is 2.62. The molecule has 0 amide bonds. The van der Waals surface area contributed by atoms with Crippen LogP contribution in [0.25, 0.3) is 11.4 Å². The number of anilines is 1. The molecule has 0 aliphatic rings. The Labute approximate surface area is 119 Å². The lowest BCUT2D eigenvalue weighted by atomic mass is 10.2. The molecule has 1 aromatic carbocycles. The van der Waals surface area contributed by atoms with Gasteiger partial charge < -0.3 is 10.5 Å². The normalized spacial score (nSPS) is 11.8. The maximum Gasteiger partial charge on any atom is 0.411 e. The molecule has 0 aliphatic heterocycles. The van der Waals surface area contributed by atoms with Crippen LogP contribution in [-0.2, 0) is 11.3 Å². The van der Waals surface area contributed by atoms with Gasteiger partial charge in [0.1, 0.15) is 12.9 Å². The molecule has 0 bridgehead atoms. The lowest BCUT2D eigenvalue weighted by Gasteiger charge is -2.07. The average molecular weight is 300 g/mol. The lowest BCUT2D eigenvalue weighted by Crippen LogP contribution is -2.17. The zero-order valence-corrected chi connectivity index (χ0v) is 11.2. The van der Waals surface area contributed by atoms with E-state index in [1.807, 2.05) is 6.07 Å². The molecule has 0 spiro atoms. The van der Waals surface area contributed by atoms with Crippen molar-refractivity contribution >= 4 is 5.69 Å². The van der Waals surface area contributed by atoms with Crippen LogP contribution < -0.4 is 5.73 Å². The van der Waals surface area contributed by atoms with E-state index in [9.17, 15) is 13.2 Å². The summed E-state index contributed by atoms with van der Waals surface area (Å²) in [5, 5.41) is 4.24. The maximum absolute atomic E-state index is 11.9. The molecular weight excluding hydrogens is 285 g/mol. The van der Waals surface area contributed by atoms with Gasteiger partial charge in [-0.15, -0.1) is 0 Å². The molecule has 0 aliphatic carbocycles. The van der Waals surface area contributed by atoms with Crippen molar-refractivity contribution in [3.8, 4) is 11.4 Å². The molecule has 2 rings (SSSR count). The quantitative estimate of drug-likeness (QED) is 0.657. The van der Waals surface area contributed by atoms with Crippen LogP contribution in [0, 0.1) is 0 Å². The Kier molecular flexibility index (Phi) is 4.79. The summed E-state index contributed by atoms with van der Waals surface area (Å²) in [6.07, 6.45) is -2.33. The van der Waals surface area contributed by atoms with Crippen LogP contribution in [0.4, 0.5) is 18.9 Å². The number of nitrogens with two attached hydrogens (primary N) is 1. The predicted octanol–water partition coefficient (Wildman–Crippen LogP) is 2.50. The first-order valence-electron chi connectivity index (χ1n) is 6.34. The van der Waals surface area contributed by atoms with Crippen molar-refractivity contribution in [1.82, 2.24) is 14.8 Å². The Bertz CT molecular complexity index is 583. The van der Waals surface area contributed by atoms with Gasteiger partial charge in [0, 0.05) is 24.4 Å². The van der Waals surface area contributed by atoms with Crippen molar-refractivity contribution in [2.75, 3.05) is 18.9 Å². The van der Waals surface area contributed by atoms with Crippen LogP contribution in [0.15, 0.2) is 30.6 Å². The highest BCUT2D eigenvalue weighted by Crippen LogP contribution is 2.17. The number of aryl methyl sites for hydroxylation is 1. The Morgan fingerprint density at radius 3 is 2.81 bits per heavy atom. The zero-order valence-electron chi connectivity index (χ0n) is 11.2. The molecule has 0 unspecified atom stereocenters. The standard InChI is InChI=1S/C13H15F3N4O/c14-13(15,16)8-21-6-2-5-20-9-18-12(19-20)10-3-1-4-11(17)7-10/h1,3-4,7,9H,2,5-6,8,17H2. The molecule has 0 saturated heterocycles. The summed E-state index contributed by atoms with van der Waals surface area (Å²) in [6, 6.07) is 7.16. The van der Waals surface area contributed by atoms with Gasteiger partial charge in [0.2, 0.25) is 0 Å². The molecular formula is C13H15F3N4O. The minimum Gasteiger partial charge on any atom is -0.399 e. The van der Waals surface area contributed by atoms with E-state index in [2.05, 4.69) is 14.8 Å². The topological polar surface area (TPSA) is 66.0 Å². The second-order valence-electron chi connectivity index (χ2n) is 4.48. The second-order valence-corrected chi connectivity index (χ2v) is 4.48. The van der Waals surface area contributed by atoms with Crippen molar-refractivity contribution < 1.29 is 17.9 Å². The minimum absolute atomic E-state index is 0.0208. The van der Waals surface area contributed by atoms with Crippen molar-refractivity contribution in [3.05, 3.63) is 30.6 Å². The molecule has 0 radical (unpaired) electrons. The van der Waals surface area contributed by atoms with Gasteiger partial charge in [-0.3, -0.25) is 4.68 Å². The molecule has 0 atom stereocenters. The van der Waals surface area contributed by atoms with E-state index in [0.717, 1.165) is 5.56 Å². The average Bonchev–Trinajstić information content (AvgIpc) is 2.86. The van der Waals surface area contributed by atoms with Gasteiger partial charge in [0.15, 0.2) is 5.82 Å². The highest BCUT2D eigenvalue weighted by Gasteiger charge is 2.27. The first-order valence-corrected chi connectivity index (χ1v) is 6.34. The van der Waals surface area contributed by atoms with E-state index in [-0.39, 0.29) is 6.61 Å². The van der Waals surface area contributed by atoms with Gasteiger partial charge >= 0.3 is 6.18 Å². The van der Waals surface area contributed by atoms with E-state index in [0.29, 0.717) is 24.5 Å². The third-order valence-corrected chi connectivity index (χ3v) is 2.62. The van der Waals surface area contributed by atoms with Crippen LogP contribution in [-0.4, -0.2) is 34.2 Å². The molecule has 114 valence electrons. The second kappa shape index (κ2) is 6.57. The van der Waals surface area contributed by atoms with Gasteiger partial charge in [0.05, 0.1) is 0 Å². The smallest absolute Gasteiger partial charge is 0.399 e. The zero-order chi connectivity index (χ0) is 15.3. The van der Waals surface area contributed by atoms with Crippen LogP contribution >= 0.6 is 0 Å². The number of nitrogens with zero attached hydrogens (tertiary/aromatic N) is 3. The first-order chi connectivity index (χ1) is 9.94. The number of halogens is 3. The van der Waals surface area contributed by atoms with Gasteiger partial charge in [-0.05, 0) is 18.6 Å². The Balaban J connectivity index is 1.81. The summed E-state index contributed by atoms with van der Waals surface area (Å²) in [4.78, 5) is 4.14. The molecule has 1 aromatic heterocycles. The number of aromatic nitrogens is 3. The van der Waals surface area contributed by atoms with E-state index in [1.54, 1.807) is 22.9 Å². The summed E-state index contributed by atoms with van der Waals surface area (Å²) >= 11 is 0. The number of rotatable bonds is 6. The maximum atomic E-state index is 11.9. The first kappa shape index (κ1) is 15.3. The van der Waals surface area contributed by atoms with E-state index >= 15 is 0 Å². The van der Waals surface area contributed by atoms with E-state index in [4.69, 9.17) is 5.73 Å². The fraction of sp³-hybridized carbons (Fsp3) is 0.385. The summed E-state index contributed by atoms with van der Waals surface area (Å²) in [5.74, 6) is 0.526. The van der Waals surface area contributed by atoms with Crippen molar-refractivity contribution in [1.29, 1.82) is 0 Å². The molecule has 2 aromatic rings. The summed E-state index contributed by atoms with van der Waals surface area (Å²) < 4.78 is 41.7. The molecule has 21 heavy (non-hydrogen) atoms. The summed E-state index contributed by atoms with van der Waals surface area (Å²) in [5.41, 5.74) is 7.09. The Morgan fingerprint density at radius 2 is 2.10 bits per heavy atom. The van der Waals surface area contributed by atoms with Crippen LogP contribution in [0.3, 0.4) is 0 Å². The fourth-order valence-corrected chi connectivity index (χ4v) is 1.73. The van der Waals surface area contributed by atoms with Crippen molar-refractivity contribution in [2.45, 2.75) is 19.1 Å². The van der Waals surface area contributed by atoms with Gasteiger partial charge in [-0.1, -0.05) is 12.1 Å². The molecule has 0 saturated carbocycles. The van der Waals surface area contributed by atoms with Crippen LogP contribution in [0.5, 0.6) is 0 Å². The summed E-state index contributed by atoms with van der Waals surface area (Å²) in [7, 11) is 0. The number of hydrogen-bond acceptors (Lipinski definition) is 4. The molecule has 8 heteroatoms. The highest BCUT2D eigenvalue weighted by atomic mass is 19.4. The SMILES string of the molecule is Nc1cccc(-c2ncn(CCCOCC(F)(F)F)n2)c1. The highest BCUT2D eigenvalue weighted by molar-refractivity contribution is 5.60. The van der Waals surface area contributed by atoms with Crippen molar-refractivity contribution in [2.24, 2.45) is 0 Å². The Hall–Kier alpha value is -2.09. The molecule has 1 heterocycles. The fourth-order valence-electron chi connectivity index (χ4n) is 1.73. The van der Waals surface area contributed by atoms with E-state index < -0.39 is 12.8 Å². The predicted molar refractivity (Wildman–Crippen MR) is 71.4 cm³/mol. The van der Waals surface area contributed by atoms with Gasteiger partial charge in [0.25, 0.3) is 0 Å². The Morgan fingerprint density at radius 1 is 1.29 bits per heavy atom. The number of benzene rings is 1. The number of alkyl halides is 3. The molecule has 5 nitrogen and oxygen atoms in total. The number of hydrogen-bond donors (Lipinski definition) is 1. The van der Waals surface area contributed by atoms with Gasteiger partial charge in [-0.2, -0.15) is 18.3 Å².